The van der Waals surface area contributed by atoms with Crippen LogP contribution in [0.2, 0.25) is 0 Å². The van der Waals surface area contributed by atoms with E-state index in [-0.39, 0.29) is 12.0 Å². The quantitative estimate of drug-likeness (QED) is 0.628. The number of methoxy groups -OCH3 is 1. The minimum Gasteiger partial charge on any atom is -0.465 e. The number of hydrogen-bond acceptors (Lipinski definition) is 3. The van der Waals surface area contributed by atoms with Crippen molar-refractivity contribution in [3.05, 3.63) is 72.6 Å². The lowest BCUT2D eigenvalue weighted by molar-refractivity contribution is 0.0600. The van der Waals surface area contributed by atoms with Gasteiger partial charge in [0.25, 0.3) is 0 Å². The van der Waals surface area contributed by atoms with E-state index in [0.29, 0.717) is 5.56 Å². The number of benzene rings is 1. The second-order valence-electron chi connectivity index (χ2n) is 4.76. The molecule has 1 atom stereocenters. The SMILES string of the molecule is C=C[C@@H](CNCc1ccccc1)n1ccc(C(=O)OC)c1. The molecule has 0 fully saturated rings. The predicted molar refractivity (Wildman–Crippen MR) is 83.2 cm³/mol. The highest BCUT2D eigenvalue weighted by Gasteiger charge is 2.11. The van der Waals surface area contributed by atoms with Crippen molar-refractivity contribution >= 4 is 5.97 Å². The fourth-order valence-corrected chi connectivity index (χ4v) is 2.13. The van der Waals surface area contributed by atoms with Crippen LogP contribution in [-0.4, -0.2) is 24.2 Å². The smallest absolute Gasteiger partial charge is 0.339 e. The molecule has 1 aromatic carbocycles. The van der Waals surface area contributed by atoms with Gasteiger partial charge in [0, 0.05) is 25.5 Å². The maximum atomic E-state index is 11.5. The molecule has 4 heteroatoms. The summed E-state index contributed by atoms with van der Waals surface area (Å²) in [6.45, 7) is 5.41. The van der Waals surface area contributed by atoms with Crippen molar-refractivity contribution in [2.45, 2.75) is 12.6 Å². The molecular formula is C17H20N2O2. The first-order valence-corrected chi connectivity index (χ1v) is 6.87. The van der Waals surface area contributed by atoms with E-state index in [9.17, 15) is 4.79 Å². The topological polar surface area (TPSA) is 43.3 Å². The molecule has 0 saturated carbocycles. The van der Waals surface area contributed by atoms with E-state index >= 15 is 0 Å². The van der Waals surface area contributed by atoms with Gasteiger partial charge in [0.05, 0.1) is 18.7 Å². The molecule has 4 nitrogen and oxygen atoms in total. The summed E-state index contributed by atoms with van der Waals surface area (Å²) in [4.78, 5) is 11.5. The third-order valence-electron chi connectivity index (χ3n) is 3.32. The van der Waals surface area contributed by atoms with Crippen LogP contribution in [0.5, 0.6) is 0 Å². The molecule has 0 radical (unpaired) electrons. The fourth-order valence-electron chi connectivity index (χ4n) is 2.13. The molecule has 1 N–H and O–H groups in total. The van der Waals surface area contributed by atoms with Crippen LogP contribution in [0.3, 0.4) is 0 Å². The highest BCUT2D eigenvalue weighted by Crippen LogP contribution is 2.11. The Balaban J connectivity index is 1.92. The van der Waals surface area contributed by atoms with Crippen molar-refractivity contribution in [1.29, 1.82) is 0 Å². The van der Waals surface area contributed by atoms with E-state index in [0.717, 1.165) is 13.1 Å². The van der Waals surface area contributed by atoms with Gasteiger partial charge in [-0.3, -0.25) is 0 Å². The molecule has 0 saturated heterocycles. The van der Waals surface area contributed by atoms with Gasteiger partial charge in [-0.05, 0) is 11.6 Å². The molecule has 0 spiro atoms. The van der Waals surface area contributed by atoms with Gasteiger partial charge in [0.2, 0.25) is 0 Å². The number of aromatic nitrogens is 1. The number of nitrogens with one attached hydrogen (secondary N) is 1. The van der Waals surface area contributed by atoms with E-state index in [2.05, 4.69) is 24.0 Å². The van der Waals surface area contributed by atoms with E-state index in [1.54, 1.807) is 12.3 Å². The van der Waals surface area contributed by atoms with Crippen molar-refractivity contribution in [2.24, 2.45) is 0 Å². The molecule has 0 aliphatic rings. The highest BCUT2D eigenvalue weighted by atomic mass is 16.5. The Bertz CT molecular complexity index is 590. The third kappa shape index (κ3) is 4.07. The molecule has 2 rings (SSSR count). The van der Waals surface area contributed by atoms with Gasteiger partial charge in [0.1, 0.15) is 0 Å². The number of carbonyl (C=O) groups is 1. The summed E-state index contributed by atoms with van der Waals surface area (Å²) in [6.07, 6.45) is 5.50. The number of carbonyl (C=O) groups excluding carboxylic acids is 1. The molecule has 1 aromatic heterocycles. The average molecular weight is 284 g/mol. The second kappa shape index (κ2) is 7.45. The first kappa shape index (κ1) is 15.1. The summed E-state index contributed by atoms with van der Waals surface area (Å²) in [5, 5.41) is 3.40. The first-order chi connectivity index (χ1) is 10.2. The van der Waals surface area contributed by atoms with Crippen molar-refractivity contribution in [2.75, 3.05) is 13.7 Å². The maximum Gasteiger partial charge on any atom is 0.339 e. The van der Waals surface area contributed by atoms with Gasteiger partial charge < -0.3 is 14.6 Å². The monoisotopic (exact) mass is 284 g/mol. The van der Waals surface area contributed by atoms with Gasteiger partial charge in [-0.1, -0.05) is 36.4 Å². The maximum absolute atomic E-state index is 11.5. The molecule has 2 aromatic rings. The zero-order chi connectivity index (χ0) is 15.1. The highest BCUT2D eigenvalue weighted by molar-refractivity contribution is 5.89. The summed E-state index contributed by atoms with van der Waals surface area (Å²) in [5.41, 5.74) is 1.79. The van der Waals surface area contributed by atoms with Crippen LogP contribution in [0.15, 0.2) is 61.4 Å². The normalized spacial score (nSPS) is 11.9. The summed E-state index contributed by atoms with van der Waals surface area (Å²) < 4.78 is 6.66. The minimum atomic E-state index is -0.325. The Morgan fingerprint density at radius 3 is 2.81 bits per heavy atom. The Morgan fingerprint density at radius 1 is 1.38 bits per heavy atom. The summed E-state index contributed by atoms with van der Waals surface area (Å²) in [7, 11) is 1.38. The Morgan fingerprint density at radius 2 is 2.14 bits per heavy atom. The summed E-state index contributed by atoms with van der Waals surface area (Å²) >= 11 is 0. The molecule has 110 valence electrons. The van der Waals surface area contributed by atoms with Gasteiger partial charge in [0.15, 0.2) is 0 Å². The average Bonchev–Trinajstić information content (AvgIpc) is 3.01. The van der Waals surface area contributed by atoms with Crippen LogP contribution >= 0.6 is 0 Å². The van der Waals surface area contributed by atoms with Crippen LogP contribution in [0, 0.1) is 0 Å². The molecule has 0 unspecified atom stereocenters. The van der Waals surface area contributed by atoms with Crippen LogP contribution in [0.25, 0.3) is 0 Å². The van der Waals surface area contributed by atoms with E-state index in [4.69, 9.17) is 4.74 Å². The minimum absolute atomic E-state index is 0.0899. The number of hydrogen-bond donors (Lipinski definition) is 1. The van der Waals surface area contributed by atoms with Crippen molar-refractivity contribution in [1.82, 2.24) is 9.88 Å². The van der Waals surface area contributed by atoms with Crippen LogP contribution < -0.4 is 5.32 Å². The number of nitrogens with zero attached hydrogens (tertiary/aromatic N) is 1. The lowest BCUT2D eigenvalue weighted by Crippen LogP contribution is -2.23. The number of ether oxygens (including phenoxy) is 1. The molecule has 0 aliphatic heterocycles. The van der Waals surface area contributed by atoms with Crippen LogP contribution in [0.4, 0.5) is 0 Å². The summed E-state index contributed by atoms with van der Waals surface area (Å²) in [5.74, 6) is -0.325. The van der Waals surface area contributed by atoms with E-state index in [1.807, 2.05) is 35.0 Å². The zero-order valence-electron chi connectivity index (χ0n) is 12.2. The molecule has 0 bridgehead atoms. The molecule has 0 aliphatic carbocycles. The van der Waals surface area contributed by atoms with E-state index < -0.39 is 0 Å². The second-order valence-corrected chi connectivity index (χ2v) is 4.76. The Kier molecular flexibility index (Phi) is 5.35. The zero-order valence-corrected chi connectivity index (χ0v) is 12.2. The predicted octanol–water partition coefficient (Wildman–Crippen LogP) is 2.79. The molecular weight excluding hydrogens is 264 g/mol. The van der Waals surface area contributed by atoms with Crippen molar-refractivity contribution in [3.63, 3.8) is 0 Å². The van der Waals surface area contributed by atoms with Gasteiger partial charge >= 0.3 is 5.97 Å². The lowest BCUT2D eigenvalue weighted by atomic mass is 10.2. The van der Waals surface area contributed by atoms with Gasteiger partial charge in [-0.25, -0.2) is 4.79 Å². The Labute approximate surface area is 125 Å². The van der Waals surface area contributed by atoms with Gasteiger partial charge in [-0.15, -0.1) is 6.58 Å². The molecule has 1 heterocycles. The third-order valence-corrected chi connectivity index (χ3v) is 3.32. The summed E-state index contributed by atoms with van der Waals surface area (Å²) in [6, 6.07) is 12.1. The molecule has 21 heavy (non-hydrogen) atoms. The van der Waals surface area contributed by atoms with Gasteiger partial charge in [-0.2, -0.15) is 0 Å². The number of esters is 1. The van der Waals surface area contributed by atoms with Crippen LogP contribution in [-0.2, 0) is 11.3 Å². The van der Waals surface area contributed by atoms with Crippen molar-refractivity contribution < 1.29 is 9.53 Å². The Hall–Kier alpha value is -2.33. The van der Waals surface area contributed by atoms with Crippen molar-refractivity contribution in [3.8, 4) is 0 Å². The largest absolute Gasteiger partial charge is 0.465 e. The first-order valence-electron chi connectivity index (χ1n) is 6.87. The lowest BCUT2D eigenvalue weighted by Gasteiger charge is -2.15. The number of rotatable bonds is 7. The van der Waals surface area contributed by atoms with E-state index in [1.165, 1.54) is 12.7 Å². The standard InChI is InChI=1S/C17H20N2O2/c1-3-16(12-18-11-14-7-5-4-6-8-14)19-10-9-15(13-19)17(20)21-2/h3-10,13,16,18H,1,11-12H2,2H3/t16-/m0/s1. The fraction of sp³-hybridized carbons (Fsp3) is 0.235. The van der Waals surface area contributed by atoms with Crippen LogP contribution in [0.1, 0.15) is 22.0 Å². The molecule has 0 amide bonds.